The Morgan fingerprint density at radius 1 is 1.35 bits per heavy atom. The van der Waals surface area contributed by atoms with Crippen LogP contribution in [-0.2, 0) is 6.54 Å². The summed E-state index contributed by atoms with van der Waals surface area (Å²) in [6.07, 6.45) is 2.34. The summed E-state index contributed by atoms with van der Waals surface area (Å²) in [5, 5.41) is 24.1. The molecule has 0 saturated carbocycles. The van der Waals surface area contributed by atoms with Crippen LogP contribution in [0, 0.1) is 6.92 Å². The zero-order valence-electron chi connectivity index (χ0n) is 14.3. The topological polar surface area (TPSA) is 69.8 Å². The van der Waals surface area contributed by atoms with Gasteiger partial charge in [-0.2, -0.15) is 0 Å². The van der Waals surface area contributed by atoms with Crippen molar-refractivity contribution in [2.45, 2.75) is 30.9 Å². The Labute approximate surface area is 161 Å². The molecule has 0 bridgehead atoms. The molecular weight excluding hydrogens is 370 g/mol. The summed E-state index contributed by atoms with van der Waals surface area (Å²) in [4.78, 5) is 4.56. The number of nitrogens with zero attached hydrogens (tertiary/aromatic N) is 2. The van der Waals surface area contributed by atoms with Crippen LogP contribution in [0.15, 0.2) is 42.7 Å². The first-order valence-electron chi connectivity index (χ1n) is 8.46. The van der Waals surface area contributed by atoms with Crippen molar-refractivity contribution in [3.8, 4) is 0 Å². The normalized spacial score (nSPS) is 22.8. The minimum Gasteiger partial charge on any atom is -0.390 e. The minimum atomic E-state index is -0.775. The molecule has 1 unspecified atom stereocenters. The molecule has 3 heterocycles. The molecule has 2 aromatic heterocycles. The number of benzene rings is 1. The van der Waals surface area contributed by atoms with Crippen LogP contribution in [0.5, 0.6) is 0 Å². The number of anilines is 1. The number of aliphatic hydroxyl groups is 2. The Morgan fingerprint density at radius 3 is 2.92 bits per heavy atom. The third-order valence-electron chi connectivity index (χ3n) is 4.59. The van der Waals surface area contributed by atoms with E-state index in [0.717, 1.165) is 28.2 Å². The van der Waals surface area contributed by atoms with Crippen molar-refractivity contribution >= 4 is 34.7 Å². The summed E-state index contributed by atoms with van der Waals surface area (Å²) < 4.78 is 2.01. The molecule has 4 rings (SSSR count). The molecule has 1 saturated heterocycles. The van der Waals surface area contributed by atoms with Crippen molar-refractivity contribution in [3.05, 3.63) is 64.6 Å². The maximum Gasteiger partial charge on any atom is 0.160 e. The van der Waals surface area contributed by atoms with Gasteiger partial charge in [0.2, 0.25) is 0 Å². The Hall–Kier alpha value is -1.73. The van der Waals surface area contributed by atoms with Crippen LogP contribution in [0.3, 0.4) is 0 Å². The van der Waals surface area contributed by atoms with Crippen LogP contribution in [0.2, 0.25) is 5.02 Å². The summed E-state index contributed by atoms with van der Waals surface area (Å²) in [5.41, 5.74) is 4.82. The highest BCUT2D eigenvalue weighted by molar-refractivity contribution is 7.99. The lowest BCUT2D eigenvalue weighted by atomic mass is 10.1. The molecule has 1 aliphatic rings. The summed E-state index contributed by atoms with van der Waals surface area (Å²) >= 11 is 7.62. The average molecular weight is 390 g/mol. The molecule has 0 amide bonds. The largest absolute Gasteiger partial charge is 0.390 e. The van der Waals surface area contributed by atoms with Gasteiger partial charge in [-0.3, -0.25) is 0 Å². The van der Waals surface area contributed by atoms with Crippen LogP contribution in [0.1, 0.15) is 22.1 Å². The molecule has 26 heavy (non-hydrogen) atoms. The fraction of sp³-hybridized carbons (Fsp3) is 0.316. The van der Waals surface area contributed by atoms with Gasteiger partial charge in [-0.05, 0) is 36.2 Å². The number of halogens is 1. The molecule has 136 valence electrons. The van der Waals surface area contributed by atoms with Gasteiger partial charge in [0.1, 0.15) is 0 Å². The maximum atomic E-state index is 10.3. The van der Waals surface area contributed by atoms with Crippen LogP contribution in [-0.4, -0.2) is 37.6 Å². The summed E-state index contributed by atoms with van der Waals surface area (Å²) in [5.74, 6) is 0.532. The van der Waals surface area contributed by atoms with E-state index in [0.29, 0.717) is 17.3 Å². The summed E-state index contributed by atoms with van der Waals surface area (Å²) in [7, 11) is 0. The van der Waals surface area contributed by atoms with Crippen LogP contribution in [0.25, 0.3) is 5.65 Å². The Kier molecular flexibility index (Phi) is 4.84. The van der Waals surface area contributed by atoms with Gasteiger partial charge >= 0.3 is 0 Å². The van der Waals surface area contributed by atoms with Gasteiger partial charge in [-0.25, -0.2) is 4.98 Å². The maximum absolute atomic E-state index is 10.3. The molecule has 3 N–H and O–H groups in total. The van der Waals surface area contributed by atoms with E-state index >= 15 is 0 Å². The molecular formula is C19H20ClN3O2S. The SMILES string of the molecule is Cc1cc(NCc2cccc(Cl)c2)c2ncc([C@@H]3SCC(O)[C@@H]3O)n2c1. The van der Waals surface area contributed by atoms with Crippen molar-refractivity contribution < 1.29 is 10.2 Å². The monoisotopic (exact) mass is 389 g/mol. The van der Waals surface area contributed by atoms with E-state index in [1.165, 1.54) is 0 Å². The fourth-order valence-corrected chi connectivity index (χ4v) is 4.83. The number of rotatable bonds is 4. The van der Waals surface area contributed by atoms with Gasteiger partial charge in [0.15, 0.2) is 5.65 Å². The average Bonchev–Trinajstić information content (AvgIpc) is 3.17. The predicted octanol–water partition coefficient (Wildman–Crippen LogP) is 3.42. The number of nitrogens with one attached hydrogen (secondary N) is 1. The first-order valence-corrected chi connectivity index (χ1v) is 9.89. The highest BCUT2D eigenvalue weighted by Gasteiger charge is 2.37. The number of aromatic nitrogens is 2. The standard InChI is InChI=1S/C19H20ClN3O2S/c1-11-5-14(21-7-12-3-2-4-13(20)6-12)19-22-8-15(23(19)9-11)18-17(25)16(24)10-26-18/h2-6,8-9,16-18,21,24-25H,7,10H2,1H3/t16?,17-,18-/m0/s1. The Bertz CT molecular complexity index is 946. The lowest BCUT2D eigenvalue weighted by molar-refractivity contribution is 0.0411. The van der Waals surface area contributed by atoms with Gasteiger partial charge in [-0.15, -0.1) is 11.8 Å². The number of hydrogen-bond acceptors (Lipinski definition) is 5. The zero-order valence-corrected chi connectivity index (χ0v) is 15.8. The van der Waals surface area contributed by atoms with Crippen molar-refractivity contribution in [1.29, 1.82) is 0 Å². The van der Waals surface area contributed by atoms with E-state index in [2.05, 4.69) is 16.4 Å². The molecule has 3 atom stereocenters. The number of thioether (sulfide) groups is 1. The van der Waals surface area contributed by atoms with Gasteiger partial charge in [0, 0.05) is 23.5 Å². The zero-order chi connectivity index (χ0) is 18.3. The van der Waals surface area contributed by atoms with Crippen molar-refractivity contribution in [3.63, 3.8) is 0 Å². The number of hydrogen-bond donors (Lipinski definition) is 3. The minimum absolute atomic E-state index is 0.178. The second-order valence-corrected chi connectivity index (χ2v) is 8.21. The Morgan fingerprint density at radius 2 is 2.19 bits per heavy atom. The van der Waals surface area contributed by atoms with E-state index in [-0.39, 0.29) is 5.25 Å². The van der Waals surface area contributed by atoms with Gasteiger partial charge in [0.05, 0.1) is 35.0 Å². The van der Waals surface area contributed by atoms with Gasteiger partial charge in [-0.1, -0.05) is 23.7 Å². The van der Waals surface area contributed by atoms with Crippen molar-refractivity contribution in [2.75, 3.05) is 11.1 Å². The van der Waals surface area contributed by atoms with Crippen LogP contribution >= 0.6 is 23.4 Å². The van der Waals surface area contributed by atoms with Crippen molar-refractivity contribution in [2.24, 2.45) is 0 Å². The lowest BCUT2D eigenvalue weighted by Gasteiger charge is -2.16. The number of pyridine rings is 1. The molecule has 1 fully saturated rings. The van der Waals surface area contributed by atoms with Crippen LogP contribution < -0.4 is 5.32 Å². The first kappa shape index (κ1) is 17.7. The molecule has 1 aromatic carbocycles. The van der Waals surface area contributed by atoms with E-state index in [9.17, 15) is 10.2 Å². The fourth-order valence-electron chi connectivity index (χ4n) is 3.29. The molecule has 5 nitrogen and oxygen atoms in total. The molecule has 0 aliphatic carbocycles. The van der Waals surface area contributed by atoms with E-state index in [1.807, 2.05) is 41.8 Å². The highest BCUT2D eigenvalue weighted by atomic mass is 35.5. The number of imidazole rings is 1. The third-order valence-corrected chi connectivity index (χ3v) is 6.23. The second-order valence-electron chi connectivity index (χ2n) is 6.60. The number of aliphatic hydroxyl groups excluding tert-OH is 2. The molecule has 0 spiro atoms. The second kappa shape index (κ2) is 7.12. The van der Waals surface area contributed by atoms with Crippen molar-refractivity contribution in [1.82, 2.24) is 9.38 Å². The third kappa shape index (κ3) is 3.30. The van der Waals surface area contributed by atoms with Gasteiger partial charge < -0.3 is 19.9 Å². The predicted molar refractivity (Wildman–Crippen MR) is 106 cm³/mol. The smallest absolute Gasteiger partial charge is 0.160 e. The Balaban J connectivity index is 1.66. The van der Waals surface area contributed by atoms with E-state index < -0.39 is 12.2 Å². The molecule has 0 radical (unpaired) electrons. The summed E-state index contributed by atoms with van der Waals surface area (Å²) in [6.45, 7) is 2.67. The van der Waals surface area contributed by atoms with E-state index in [4.69, 9.17) is 11.6 Å². The van der Waals surface area contributed by atoms with Gasteiger partial charge in [0.25, 0.3) is 0 Å². The number of aryl methyl sites for hydroxylation is 1. The van der Waals surface area contributed by atoms with Crippen LogP contribution in [0.4, 0.5) is 5.69 Å². The number of fused-ring (bicyclic) bond motifs is 1. The quantitative estimate of drug-likeness (QED) is 0.637. The molecule has 3 aromatic rings. The first-order chi connectivity index (χ1) is 12.5. The lowest BCUT2D eigenvalue weighted by Crippen LogP contribution is -2.25. The molecule has 7 heteroatoms. The van der Waals surface area contributed by atoms with E-state index in [1.54, 1.807) is 18.0 Å². The highest BCUT2D eigenvalue weighted by Crippen LogP contribution is 2.41. The summed E-state index contributed by atoms with van der Waals surface area (Å²) in [6, 6.07) is 9.81. The molecule has 1 aliphatic heterocycles.